The van der Waals surface area contributed by atoms with Gasteiger partial charge in [-0.1, -0.05) is 0 Å². The van der Waals surface area contributed by atoms with Gasteiger partial charge in [-0.3, -0.25) is 4.79 Å². The first kappa shape index (κ1) is 14.3. The first-order valence-electron chi connectivity index (χ1n) is 8.46. The van der Waals surface area contributed by atoms with Crippen molar-refractivity contribution in [2.45, 2.75) is 31.7 Å². The summed E-state index contributed by atoms with van der Waals surface area (Å²) in [5.74, 6) is 1.32. The summed E-state index contributed by atoms with van der Waals surface area (Å²) in [6.45, 7) is 0. The first-order chi connectivity index (χ1) is 12.2. The molecule has 0 bridgehead atoms. The van der Waals surface area contributed by atoms with Crippen LogP contribution in [-0.4, -0.2) is 21.9 Å². The van der Waals surface area contributed by atoms with Gasteiger partial charge in [0.15, 0.2) is 11.4 Å². The van der Waals surface area contributed by atoms with E-state index in [1.54, 1.807) is 6.26 Å². The molecule has 2 aliphatic rings. The summed E-state index contributed by atoms with van der Waals surface area (Å²) in [4.78, 5) is 20.6. The minimum absolute atomic E-state index is 0.0674. The van der Waals surface area contributed by atoms with Gasteiger partial charge in [0.25, 0.3) is 0 Å². The molecule has 1 fully saturated rings. The summed E-state index contributed by atoms with van der Waals surface area (Å²) >= 11 is 0. The highest BCUT2D eigenvalue weighted by Crippen LogP contribution is 2.31. The second-order valence-electron chi connectivity index (χ2n) is 6.49. The predicted octanol–water partition coefficient (Wildman–Crippen LogP) is 3.43. The summed E-state index contributed by atoms with van der Waals surface area (Å²) in [5.41, 5.74) is 4.35. The number of anilines is 4. The van der Waals surface area contributed by atoms with Crippen LogP contribution in [0.3, 0.4) is 0 Å². The Balaban J connectivity index is 1.46. The lowest BCUT2D eigenvalue weighted by Gasteiger charge is -2.18. The van der Waals surface area contributed by atoms with Crippen molar-refractivity contribution < 1.29 is 9.21 Å². The van der Waals surface area contributed by atoms with E-state index < -0.39 is 0 Å². The number of aromatic nitrogens is 2. The molecule has 1 aromatic carbocycles. The van der Waals surface area contributed by atoms with E-state index in [0.29, 0.717) is 24.0 Å². The summed E-state index contributed by atoms with van der Waals surface area (Å²) < 4.78 is 5.51. The Kier molecular flexibility index (Phi) is 3.12. The van der Waals surface area contributed by atoms with Gasteiger partial charge in [-0.05, 0) is 43.0 Å². The van der Waals surface area contributed by atoms with Crippen LogP contribution < -0.4 is 16.0 Å². The van der Waals surface area contributed by atoms with Gasteiger partial charge < -0.3 is 20.4 Å². The Morgan fingerprint density at radius 1 is 1.16 bits per heavy atom. The van der Waals surface area contributed by atoms with Gasteiger partial charge >= 0.3 is 0 Å². The van der Waals surface area contributed by atoms with Gasteiger partial charge in [0.05, 0.1) is 6.26 Å². The average Bonchev–Trinajstić information content (AvgIpc) is 3.29. The van der Waals surface area contributed by atoms with Crippen molar-refractivity contribution in [1.29, 1.82) is 0 Å². The Bertz CT molecular complexity index is 977. The summed E-state index contributed by atoms with van der Waals surface area (Å²) in [6, 6.07) is 8.17. The number of aryl methyl sites for hydroxylation is 1. The standard InChI is InChI=1S/C18H17N5O2/c24-15-6-1-10-9-12(4-5-13(10)21-15)20-18-22-14-7-8-25-16(14)17(23-18)19-11-2-3-11/h4-5,7-9,11H,1-3,6H2,(H,21,24)(H2,19,20,22,23). The molecule has 5 rings (SSSR count). The van der Waals surface area contributed by atoms with Crippen LogP contribution in [0.15, 0.2) is 34.9 Å². The molecule has 0 spiro atoms. The molecular weight excluding hydrogens is 318 g/mol. The van der Waals surface area contributed by atoms with E-state index in [9.17, 15) is 4.79 Å². The summed E-state index contributed by atoms with van der Waals surface area (Å²) in [7, 11) is 0. The number of rotatable bonds is 4. The minimum Gasteiger partial charge on any atom is -0.459 e. The molecule has 7 heteroatoms. The molecule has 7 nitrogen and oxygen atoms in total. The topological polar surface area (TPSA) is 92.1 Å². The highest BCUT2D eigenvalue weighted by atomic mass is 16.3. The van der Waals surface area contributed by atoms with Crippen molar-refractivity contribution in [3.05, 3.63) is 36.1 Å². The number of hydrogen-bond donors (Lipinski definition) is 3. The number of nitrogens with one attached hydrogen (secondary N) is 3. The fourth-order valence-corrected chi connectivity index (χ4v) is 3.03. The maximum absolute atomic E-state index is 11.5. The van der Waals surface area contributed by atoms with E-state index in [0.717, 1.165) is 47.5 Å². The lowest BCUT2D eigenvalue weighted by molar-refractivity contribution is -0.116. The molecule has 0 radical (unpaired) electrons. The molecule has 0 saturated heterocycles. The minimum atomic E-state index is 0.0674. The monoisotopic (exact) mass is 335 g/mol. The molecule has 0 unspecified atom stereocenters. The number of carbonyl (C=O) groups is 1. The third-order valence-electron chi connectivity index (χ3n) is 4.48. The molecule has 3 N–H and O–H groups in total. The highest BCUT2D eigenvalue weighted by molar-refractivity contribution is 5.94. The van der Waals surface area contributed by atoms with Gasteiger partial charge in [0, 0.05) is 29.9 Å². The van der Waals surface area contributed by atoms with E-state index >= 15 is 0 Å². The van der Waals surface area contributed by atoms with Crippen LogP contribution >= 0.6 is 0 Å². The number of furan rings is 1. The second-order valence-corrected chi connectivity index (χ2v) is 6.49. The lowest BCUT2D eigenvalue weighted by Crippen LogP contribution is -2.18. The van der Waals surface area contributed by atoms with Gasteiger partial charge in [0.2, 0.25) is 11.9 Å². The molecular formula is C18H17N5O2. The zero-order valence-electron chi connectivity index (χ0n) is 13.5. The first-order valence-corrected chi connectivity index (χ1v) is 8.46. The van der Waals surface area contributed by atoms with Crippen molar-refractivity contribution in [3.63, 3.8) is 0 Å². The molecule has 0 atom stereocenters. The van der Waals surface area contributed by atoms with Crippen LogP contribution in [0.25, 0.3) is 11.1 Å². The zero-order valence-corrected chi connectivity index (χ0v) is 13.5. The smallest absolute Gasteiger partial charge is 0.229 e. The molecule has 3 heterocycles. The molecule has 1 saturated carbocycles. The predicted molar refractivity (Wildman–Crippen MR) is 95.1 cm³/mol. The van der Waals surface area contributed by atoms with Crippen molar-refractivity contribution in [3.8, 4) is 0 Å². The van der Waals surface area contributed by atoms with E-state index in [-0.39, 0.29) is 5.91 Å². The largest absolute Gasteiger partial charge is 0.459 e. The van der Waals surface area contributed by atoms with E-state index in [1.807, 2.05) is 24.3 Å². The van der Waals surface area contributed by atoms with Gasteiger partial charge in [-0.25, -0.2) is 4.98 Å². The third kappa shape index (κ3) is 2.77. The Labute approximate surface area is 143 Å². The van der Waals surface area contributed by atoms with Crippen LogP contribution in [0.4, 0.5) is 23.1 Å². The van der Waals surface area contributed by atoms with Gasteiger partial charge in [0.1, 0.15) is 5.52 Å². The summed E-state index contributed by atoms with van der Waals surface area (Å²) in [6.07, 6.45) is 5.20. The van der Waals surface area contributed by atoms with E-state index in [1.165, 1.54) is 0 Å². The fourth-order valence-electron chi connectivity index (χ4n) is 3.03. The van der Waals surface area contributed by atoms with Crippen molar-refractivity contribution >= 4 is 40.1 Å². The van der Waals surface area contributed by atoms with Crippen molar-refractivity contribution in [1.82, 2.24) is 9.97 Å². The highest BCUT2D eigenvalue weighted by Gasteiger charge is 2.24. The zero-order chi connectivity index (χ0) is 16.8. The molecule has 1 amide bonds. The maximum atomic E-state index is 11.5. The summed E-state index contributed by atoms with van der Waals surface area (Å²) in [5, 5.41) is 9.55. The normalized spacial score (nSPS) is 16.4. The number of benzene rings is 1. The Hall–Kier alpha value is -3.09. The number of amides is 1. The van der Waals surface area contributed by atoms with Crippen molar-refractivity contribution in [2.75, 3.05) is 16.0 Å². The number of carbonyl (C=O) groups excluding carboxylic acids is 1. The molecule has 25 heavy (non-hydrogen) atoms. The second kappa shape index (κ2) is 5.47. The van der Waals surface area contributed by atoms with Gasteiger partial charge in [-0.15, -0.1) is 0 Å². The van der Waals surface area contributed by atoms with Gasteiger partial charge in [-0.2, -0.15) is 4.98 Å². The van der Waals surface area contributed by atoms with Crippen LogP contribution in [0.1, 0.15) is 24.8 Å². The van der Waals surface area contributed by atoms with E-state index in [2.05, 4.69) is 25.9 Å². The molecule has 1 aliphatic heterocycles. The molecule has 2 aromatic heterocycles. The number of nitrogens with zero attached hydrogens (tertiary/aromatic N) is 2. The maximum Gasteiger partial charge on any atom is 0.229 e. The molecule has 1 aliphatic carbocycles. The van der Waals surface area contributed by atoms with Crippen LogP contribution in [-0.2, 0) is 11.2 Å². The quantitative estimate of drug-likeness (QED) is 0.676. The molecule has 3 aromatic rings. The van der Waals surface area contributed by atoms with Crippen LogP contribution in [0, 0.1) is 0 Å². The molecule has 126 valence electrons. The number of fused-ring (bicyclic) bond motifs is 2. The van der Waals surface area contributed by atoms with Crippen LogP contribution in [0.5, 0.6) is 0 Å². The van der Waals surface area contributed by atoms with Crippen LogP contribution in [0.2, 0.25) is 0 Å². The lowest BCUT2D eigenvalue weighted by atomic mass is 10.0. The third-order valence-corrected chi connectivity index (χ3v) is 4.48. The Morgan fingerprint density at radius 3 is 2.96 bits per heavy atom. The average molecular weight is 335 g/mol. The number of hydrogen-bond acceptors (Lipinski definition) is 6. The SMILES string of the molecule is O=C1CCc2cc(Nc3nc(NC4CC4)c4occc4n3)ccc2N1. The van der Waals surface area contributed by atoms with E-state index in [4.69, 9.17) is 4.42 Å². The van der Waals surface area contributed by atoms with Crippen molar-refractivity contribution in [2.24, 2.45) is 0 Å². The Morgan fingerprint density at radius 2 is 2.08 bits per heavy atom. The fraction of sp³-hybridized carbons (Fsp3) is 0.278.